The van der Waals surface area contributed by atoms with Crippen LogP contribution >= 0.6 is 11.6 Å². The number of aryl methyl sites for hydroxylation is 1. The summed E-state index contributed by atoms with van der Waals surface area (Å²) in [6.07, 6.45) is 0. The largest absolute Gasteiger partial charge is 0.478 e. The standard InChI is InChI=1S/C28H30ClN3O3/c1-20-6-4-5-7-25(20)26(33)32-18-16-31(17-19-32)23-12-10-22(11-13-23)30-27(34)28(2,3)35-24-14-8-21(29)9-15-24/h4-15H,16-19H2,1-3H3,(H,30,34). The molecular formula is C28H30ClN3O3. The molecule has 1 saturated heterocycles. The van der Waals surface area contributed by atoms with Gasteiger partial charge in [-0.25, -0.2) is 0 Å². The Hall–Kier alpha value is -3.51. The first-order valence-electron chi connectivity index (χ1n) is 11.7. The molecule has 1 heterocycles. The highest BCUT2D eigenvalue weighted by atomic mass is 35.5. The van der Waals surface area contributed by atoms with Gasteiger partial charge in [0.1, 0.15) is 5.75 Å². The maximum absolute atomic E-state index is 12.9. The highest BCUT2D eigenvalue weighted by molar-refractivity contribution is 6.30. The van der Waals surface area contributed by atoms with Crippen molar-refractivity contribution in [2.24, 2.45) is 0 Å². The Bertz CT molecular complexity index is 1180. The number of nitrogens with zero attached hydrogens (tertiary/aromatic N) is 2. The van der Waals surface area contributed by atoms with Crippen molar-refractivity contribution < 1.29 is 14.3 Å². The fourth-order valence-corrected chi connectivity index (χ4v) is 4.16. The third kappa shape index (κ3) is 5.95. The van der Waals surface area contributed by atoms with Crippen molar-refractivity contribution in [1.29, 1.82) is 0 Å². The molecule has 0 aromatic heterocycles. The molecule has 3 aromatic rings. The van der Waals surface area contributed by atoms with Crippen molar-refractivity contribution in [2.75, 3.05) is 36.4 Å². The smallest absolute Gasteiger partial charge is 0.267 e. The van der Waals surface area contributed by atoms with Gasteiger partial charge >= 0.3 is 0 Å². The minimum Gasteiger partial charge on any atom is -0.478 e. The lowest BCUT2D eigenvalue weighted by molar-refractivity contribution is -0.128. The van der Waals surface area contributed by atoms with E-state index in [1.54, 1.807) is 38.1 Å². The second kappa shape index (κ2) is 10.4. The summed E-state index contributed by atoms with van der Waals surface area (Å²) in [6.45, 7) is 8.27. The number of halogens is 1. The van der Waals surface area contributed by atoms with Crippen molar-refractivity contribution in [3.8, 4) is 5.75 Å². The average molecular weight is 492 g/mol. The number of anilines is 2. The van der Waals surface area contributed by atoms with Crippen LogP contribution in [0.3, 0.4) is 0 Å². The van der Waals surface area contributed by atoms with Crippen molar-refractivity contribution in [1.82, 2.24) is 4.90 Å². The predicted octanol–water partition coefficient (Wildman–Crippen LogP) is 5.41. The van der Waals surface area contributed by atoms with Gasteiger partial charge in [-0.3, -0.25) is 9.59 Å². The van der Waals surface area contributed by atoms with E-state index in [0.29, 0.717) is 29.5 Å². The molecule has 0 aliphatic carbocycles. The fraction of sp³-hybridized carbons (Fsp3) is 0.286. The lowest BCUT2D eigenvalue weighted by Gasteiger charge is -2.36. The summed E-state index contributed by atoms with van der Waals surface area (Å²) in [5.74, 6) is 0.415. The number of nitrogens with one attached hydrogen (secondary N) is 1. The monoisotopic (exact) mass is 491 g/mol. The Morgan fingerprint density at radius 3 is 2.14 bits per heavy atom. The Labute approximate surface area is 211 Å². The number of hydrogen-bond acceptors (Lipinski definition) is 4. The Balaban J connectivity index is 1.32. The summed E-state index contributed by atoms with van der Waals surface area (Å²) >= 11 is 5.92. The van der Waals surface area contributed by atoms with Crippen LogP contribution in [0.2, 0.25) is 5.02 Å². The number of piperazine rings is 1. The molecule has 3 aromatic carbocycles. The summed E-state index contributed by atoms with van der Waals surface area (Å²) < 4.78 is 5.87. The van der Waals surface area contributed by atoms with E-state index >= 15 is 0 Å². The second-order valence-corrected chi connectivity index (χ2v) is 9.60. The summed E-state index contributed by atoms with van der Waals surface area (Å²) in [6, 6.07) is 22.4. The molecular weight excluding hydrogens is 462 g/mol. The topological polar surface area (TPSA) is 61.9 Å². The Morgan fingerprint density at radius 2 is 1.51 bits per heavy atom. The van der Waals surface area contributed by atoms with Crippen LogP contribution in [0.1, 0.15) is 29.8 Å². The third-order valence-corrected chi connectivity index (χ3v) is 6.42. The number of carbonyl (C=O) groups is 2. The first-order chi connectivity index (χ1) is 16.7. The highest BCUT2D eigenvalue weighted by Crippen LogP contribution is 2.24. The van der Waals surface area contributed by atoms with Gasteiger partial charge in [0.05, 0.1) is 0 Å². The minimum atomic E-state index is -1.06. The van der Waals surface area contributed by atoms with E-state index in [4.69, 9.17) is 16.3 Å². The number of carbonyl (C=O) groups excluding carboxylic acids is 2. The summed E-state index contributed by atoms with van der Waals surface area (Å²) in [7, 11) is 0. The molecule has 0 atom stereocenters. The van der Waals surface area contributed by atoms with Crippen LogP contribution in [0.4, 0.5) is 11.4 Å². The van der Waals surface area contributed by atoms with E-state index in [0.717, 1.165) is 29.9 Å². The zero-order chi connectivity index (χ0) is 25.0. The molecule has 7 heteroatoms. The normalized spacial score (nSPS) is 13.9. The third-order valence-electron chi connectivity index (χ3n) is 6.17. The van der Waals surface area contributed by atoms with Gasteiger partial charge in [-0.05, 0) is 80.9 Å². The molecule has 4 rings (SSSR count). The molecule has 182 valence electrons. The van der Waals surface area contributed by atoms with Gasteiger partial charge in [0.25, 0.3) is 11.8 Å². The first kappa shape index (κ1) is 24.6. The second-order valence-electron chi connectivity index (χ2n) is 9.16. The van der Waals surface area contributed by atoms with Crippen molar-refractivity contribution in [3.05, 3.63) is 88.9 Å². The number of rotatable bonds is 6. The molecule has 2 amide bonds. The molecule has 1 fully saturated rings. The van der Waals surface area contributed by atoms with Crippen LogP contribution in [0.25, 0.3) is 0 Å². The van der Waals surface area contributed by atoms with Gasteiger partial charge in [-0.1, -0.05) is 29.8 Å². The first-order valence-corrected chi connectivity index (χ1v) is 12.1. The van der Waals surface area contributed by atoms with E-state index in [2.05, 4.69) is 10.2 Å². The van der Waals surface area contributed by atoms with Gasteiger partial charge < -0.3 is 19.9 Å². The molecule has 0 unspecified atom stereocenters. The molecule has 1 N–H and O–H groups in total. The number of benzene rings is 3. The molecule has 6 nitrogen and oxygen atoms in total. The maximum atomic E-state index is 12.9. The van der Waals surface area contributed by atoms with E-state index < -0.39 is 5.60 Å². The lowest BCUT2D eigenvalue weighted by atomic mass is 10.1. The fourth-order valence-electron chi connectivity index (χ4n) is 4.03. The maximum Gasteiger partial charge on any atom is 0.267 e. The molecule has 1 aliphatic heterocycles. The molecule has 0 bridgehead atoms. The minimum absolute atomic E-state index is 0.0873. The van der Waals surface area contributed by atoms with E-state index in [1.165, 1.54) is 0 Å². The van der Waals surface area contributed by atoms with E-state index in [-0.39, 0.29) is 11.8 Å². The Morgan fingerprint density at radius 1 is 0.886 bits per heavy atom. The van der Waals surface area contributed by atoms with Crippen LogP contribution < -0.4 is 15.0 Å². The van der Waals surface area contributed by atoms with E-state index in [1.807, 2.05) is 60.4 Å². The van der Waals surface area contributed by atoms with Crippen molar-refractivity contribution in [3.63, 3.8) is 0 Å². The van der Waals surface area contributed by atoms with Gasteiger partial charge in [0.2, 0.25) is 0 Å². The molecule has 1 aliphatic rings. The van der Waals surface area contributed by atoms with Gasteiger partial charge in [0, 0.05) is 48.1 Å². The summed E-state index contributed by atoms with van der Waals surface area (Å²) in [5, 5.41) is 3.54. The SMILES string of the molecule is Cc1ccccc1C(=O)N1CCN(c2ccc(NC(=O)C(C)(C)Oc3ccc(Cl)cc3)cc2)CC1. The van der Waals surface area contributed by atoms with Crippen LogP contribution in [-0.4, -0.2) is 48.5 Å². The molecule has 0 saturated carbocycles. The van der Waals surface area contributed by atoms with E-state index in [9.17, 15) is 9.59 Å². The zero-order valence-corrected chi connectivity index (χ0v) is 21.0. The van der Waals surface area contributed by atoms with Crippen LogP contribution in [0.15, 0.2) is 72.8 Å². The highest BCUT2D eigenvalue weighted by Gasteiger charge is 2.30. The van der Waals surface area contributed by atoms with Gasteiger partial charge in [-0.2, -0.15) is 0 Å². The quantitative estimate of drug-likeness (QED) is 0.501. The zero-order valence-electron chi connectivity index (χ0n) is 20.3. The summed E-state index contributed by atoms with van der Waals surface area (Å²) in [4.78, 5) is 29.9. The number of ether oxygens (including phenoxy) is 1. The van der Waals surface area contributed by atoms with Crippen molar-refractivity contribution in [2.45, 2.75) is 26.4 Å². The van der Waals surface area contributed by atoms with Crippen LogP contribution in [0, 0.1) is 6.92 Å². The lowest BCUT2D eigenvalue weighted by Crippen LogP contribution is -2.49. The molecule has 0 spiro atoms. The van der Waals surface area contributed by atoms with Gasteiger partial charge in [0.15, 0.2) is 5.60 Å². The van der Waals surface area contributed by atoms with Crippen LogP contribution in [0.5, 0.6) is 5.75 Å². The van der Waals surface area contributed by atoms with Crippen LogP contribution in [-0.2, 0) is 4.79 Å². The van der Waals surface area contributed by atoms with Gasteiger partial charge in [-0.15, -0.1) is 0 Å². The van der Waals surface area contributed by atoms with Crippen molar-refractivity contribution >= 4 is 34.8 Å². The predicted molar refractivity (Wildman–Crippen MR) is 141 cm³/mol. The Kier molecular flexibility index (Phi) is 7.31. The molecule has 35 heavy (non-hydrogen) atoms. The summed E-state index contributed by atoms with van der Waals surface area (Å²) in [5.41, 5.74) is 2.46. The number of hydrogen-bond donors (Lipinski definition) is 1. The molecule has 0 radical (unpaired) electrons. The average Bonchev–Trinajstić information content (AvgIpc) is 2.86. The number of amides is 2.